The van der Waals surface area contributed by atoms with Crippen molar-refractivity contribution in [2.24, 2.45) is 0 Å². The molecule has 0 fully saturated rings. The summed E-state index contributed by atoms with van der Waals surface area (Å²) in [6.45, 7) is -0.415. The van der Waals surface area contributed by atoms with Gasteiger partial charge in [-0.15, -0.1) is 11.3 Å². The SMILES string of the molecule is COc1cccc(-c2csc(NC(=O)COC(=O)c3cccc(N)c3)n2)c1. The summed E-state index contributed by atoms with van der Waals surface area (Å²) < 4.78 is 10.2. The van der Waals surface area contributed by atoms with Gasteiger partial charge in [-0.1, -0.05) is 18.2 Å². The third-order valence-electron chi connectivity index (χ3n) is 3.57. The lowest BCUT2D eigenvalue weighted by molar-refractivity contribution is -0.119. The molecule has 7 nitrogen and oxygen atoms in total. The van der Waals surface area contributed by atoms with E-state index in [1.807, 2.05) is 29.6 Å². The minimum atomic E-state index is -0.617. The Morgan fingerprint density at radius 2 is 2.00 bits per heavy atom. The molecule has 1 aromatic heterocycles. The number of carbonyl (C=O) groups is 2. The van der Waals surface area contributed by atoms with E-state index in [1.165, 1.54) is 17.4 Å². The van der Waals surface area contributed by atoms with Gasteiger partial charge in [0.1, 0.15) is 5.75 Å². The van der Waals surface area contributed by atoms with E-state index in [9.17, 15) is 9.59 Å². The Kier molecular flexibility index (Phi) is 5.68. The molecular weight excluding hydrogens is 366 g/mol. The number of methoxy groups -OCH3 is 1. The second-order valence-corrected chi connectivity index (χ2v) is 6.38. The molecule has 0 aliphatic rings. The van der Waals surface area contributed by atoms with Gasteiger partial charge in [-0.05, 0) is 30.3 Å². The highest BCUT2D eigenvalue weighted by Crippen LogP contribution is 2.27. The lowest BCUT2D eigenvalue weighted by atomic mass is 10.2. The fourth-order valence-corrected chi connectivity index (χ4v) is 3.02. The maximum absolute atomic E-state index is 12.0. The number of nitrogens with one attached hydrogen (secondary N) is 1. The minimum Gasteiger partial charge on any atom is -0.497 e. The van der Waals surface area contributed by atoms with E-state index in [0.717, 1.165) is 11.3 Å². The number of nitrogens with zero attached hydrogens (tertiary/aromatic N) is 1. The first-order valence-corrected chi connectivity index (χ1v) is 8.85. The Morgan fingerprint density at radius 1 is 1.19 bits per heavy atom. The second kappa shape index (κ2) is 8.33. The van der Waals surface area contributed by atoms with E-state index in [1.54, 1.807) is 25.3 Å². The van der Waals surface area contributed by atoms with Crippen molar-refractivity contribution in [2.75, 3.05) is 24.8 Å². The zero-order valence-corrected chi connectivity index (χ0v) is 15.3. The van der Waals surface area contributed by atoms with Crippen molar-refractivity contribution in [1.82, 2.24) is 4.98 Å². The van der Waals surface area contributed by atoms with Crippen molar-refractivity contribution in [1.29, 1.82) is 0 Å². The van der Waals surface area contributed by atoms with Gasteiger partial charge < -0.3 is 15.2 Å². The molecule has 0 unspecified atom stereocenters. The molecular formula is C19H17N3O4S. The topological polar surface area (TPSA) is 104 Å². The molecule has 0 aliphatic carbocycles. The summed E-state index contributed by atoms with van der Waals surface area (Å²) in [6.07, 6.45) is 0. The van der Waals surface area contributed by atoms with Crippen LogP contribution in [0.25, 0.3) is 11.3 Å². The maximum atomic E-state index is 12.0. The normalized spacial score (nSPS) is 10.3. The van der Waals surface area contributed by atoms with Crippen LogP contribution in [0.2, 0.25) is 0 Å². The number of esters is 1. The van der Waals surface area contributed by atoms with E-state index in [0.29, 0.717) is 16.5 Å². The highest BCUT2D eigenvalue weighted by Gasteiger charge is 2.12. The van der Waals surface area contributed by atoms with Gasteiger partial charge in [0.15, 0.2) is 11.7 Å². The summed E-state index contributed by atoms with van der Waals surface area (Å²) in [6, 6.07) is 13.8. The molecule has 1 heterocycles. The average Bonchev–Trinajstić information content (AvgIpc) is 3.14. The van der Waals surface area contributed by atoms with Crippen LogP contribution in [0, 0.1) is 0 Å². The molecule has 0 saturated heterocycles. The van der Waals surface area contributed by atoms with Crippen LogP contribution >= 0.6 is 11.3 Å². The molecule has 0 radical (unpaired) electrons. The number of thiazole rings is 1. The molecule has 1 amide bonds. The summed E-state index contributed by atoms with van der Waals surface area (Å²) in [4.78, 5) is 28.3. The predicted octanol–water partition coefficient (Wildman–Crippen LogP) is 3.20. The number of ether oxygens (including phenoxy) is 2. The number of aromatic nitrogens is 1. The molecule has 0 saturated carbocycles. The van der Waals surface area contributed by atoms with Crippen LogP contribution in [-0.2, 0) is 9.53 Å². The quantitative estimate of drug-likeness (QED) is 0.500. The number of rotatable bonds is 6. The van der Waals surface area contributed by atoms with Crippen molar-refractivity contribution < 1.29 is 19.1 Å². The zero-order valence-electron chi connectivity index (χ0n) is 14.5. The maximum Gasteiger partial charge on any atom is 0.338 e. The van der Waals surface area contributed by atoms with Crippen molar-refractivity contribution >= 4 is 34.0 Å². The van der Waals surface area contributed by atoms with Crippen molar-refractivity contribution in [3.8, 4) is 17.0 Å². The second-order valence-electron chi connectivity index (χ2n) is 5.52. The third-order valence-corrected chi connectivity index (χ3v) is 4.33. The molecule has 8 heteroatoms. The summed E-state index contributed by atoms with van der Waals surface area (Å²) in [5, 5.41) is 4.85. The van der Waals surface area contributed by atoms with Crippen LogP contribution in [0.4, 0.5) is 10.8 Å². The van der Waals surface area contributed by atoms with Gasteiger partial charge in [0.05, 0.1) is 18.4 Å². The predicted molar refractivity (Wildman–Crippen MR) is 104 cm³/mol. The van der Waals surface area contributed by atoms with Crippen molar-refractivity contribution in [3.05, 3.63) is 59.5 Å². The molecule has 0 bridgehead atoms. The van der Waals surface area contributed by atoms with Crippen molar-refractivity contribution in [3.63, 3.8) is 0 Å². The number of carbonyl (C=O) groups excluding carboxylic acids is 2. The highest BCUT2D eigenvalue weighted by atomic mass is 32.1. The molecule has 3 rings (SSSR count). The number of hydrogen-bond donors (Lipinski definition) is 2. The first kappa shape index (κ1) is 18.4. The Hall–Kier alpha value is -3.39. The summed E-state index contributed by atoms with van der Waals surface area (Å²) in [5.41, 5.74) is 7.94. The average molecular weight is 383 g/mol. The fourth-order valence-electron chi connectivity index (χ4n) is 2.28. The number of anilines is 2. The molecule has 27 heavy (non-hydrogen) atoms. The van der Waals surface area contributed by atoms with Crippen LogP contribution in [0.1, 0.15) is 10.4 Å². The minimum absolute atomic E-state index is 0.289. The van der Waals surface area contributed by atoms with Gasteiger partial charge in [-0.2, -0.15) is 0 Å². The fraction of sp³-hybridized carbons (Fsp3) is 0.105. The van der Waals surface area contributed by atoms with E-state index in [2.05, 4.69) is 10.3 Å². The van der Waals surface area contributed by atoms with Crippen LogP contribution in [0.15, 0.2) is 53.9 Å². The zero-order chi connectivity index (χ0) is 19.2. The molecule has 3 N–H and O–H groups in total. The summed E-state index contributed by atoms with van der Waals surface area (Å²) >= 11 is 1.28. The molecule has 138 valence electrons. The Labute approximate surface area is 159 Å². The smallest absolute Gasteiger partial charge is 0.338 e. The first-order valence-electron chi connectivity index (χ1n) is 7.97. The van der Waals surface area contributed by atoms with Gasteiger partial charge in [0.2, 0.25) is 0 Å². The number of amides is 1. The summed E-state index contributed by atoms with van der Waals surface area (Å²) in [7, 11) is 1.59. The van der Waals surface area contributed by atoms with Gasteiger partial charge in [-0.3, -0.25) is 10.1 Å². The first-order chi connectivity index (χ1) is 13.0. The lowest BCUT2D eigenvalue weighted by Crippen LogP contribution is -2.20. The van der Waals surface area contributed by atoms with Crippen LogP contribution in [-0.4, -0.2) is 30.6 Å². The Bertz CT molecular complexity index is 971. The van der Waals surface area contributed by atoms with E-state index in [-0.39, 0.29) is 5.56 Å². The van der Waals surface area contributed by atoms with E-state index in [4.69, 9.17) is 15.2 Å². The van der Waals surface area contributed by atoms with Gasteiger partial charge in [0.25, 0.3) is 5.91 Å². The standard InChI is InChI=1S/C19H17N3O4S/c1-25-15-7-3-4-12(9-15)16-11-27-19(21-16)22-17(23)10-26-18(24)13-5-2-6-14(20)8-13/h2-9,11H,10,20H2,1H3,(H,21,22,23). The number of nitrogen functional groups attached to an aromatic ring is 1. The van der Waals surface area contributed by atoms with Gasteiger partial charge >= 0.3 is 5.97 Å². The van der Waals surface area contributed by atoms with Gasteiger partial charge in [-0.25, -0.2) is 9.78 Å². The molecule has 0 spiro atoms. The monoisotopic (exact) mass is 383 g/mol. The molecule has 3 aromatic rings. The number of nitrogens with two attached hydrogens (primary N) is 1. The van der Waals surface area contributed by atoms with Crippen molar-refractivity contribution in [2.45, 2.75) is 0 Å². The molecule has 2 aromatic carbocycles. The van der Waals surface area contributed by atoms with Gasteiger partial charge in [0, 0.05) is 16.6 Å². The third kappa shape index (κ3) is 4.83. The largest absolute Gasteiger partial charge is 0.497 e. The van der Waals surface area contributed by atoms with E-state index < -0.39 is 18.5 Å². The van der Waals surface area contributed by atoms with Crippen LogP contribution in [0.5, 0.6) is 5.75 Å². The summed E-state index contributed by atoms with van der Waals surface area (Å²) in [5.74, 6) is -0.369. The lowest BCUT2D eigenvalue weighted by Gasteiger charge is -2.05. The Morgan fingerprint density at radius 3 is 2.78 bits per heavy atom. The Balaban J connectivity index is 1.57. The number of benzene rings is 2. The highest BCUT2D eigenvalue weighted by molar-refractivity contribution is 7.14. The molecule has 0 atom stereocenters. The van der Waals surface area contributed by atoms with Crippen LogP contribution in [0.3, 0.4) is 0 Å². The molecule has 0 aliphatic heterocycles. The van der Waals surface area contributed by atoms with E-state index >= 15 is 0 Å². The van der Waals surface area contributed by atoms with Crippen LogP contribution < -0.4 is 15.8 Å². The number of hydrogen-bond acceptors (Lipinski definition) is 7.